The molecule has 0 saturated carbocycles. The number of methoxy groups -OCH3 is 2. The molecule has 0 amide bonds. The molecule has 5 rings (SSSR count). The SMILES string of the molecule is COc1cc2nc(NCc3ccccc3)n3c4ccccc4nc3c2cc1OC. The van der Waals surface area contributed by atoms with Crippen molar-refractivity contribution in [2.24, 2.45) is 0 Å². The van der Waals surface area contributed by atoms with E-state index in [9.17, 15) is 0 Å². The van der Waals surface area contributed by atoms with Crippen LogP contribution < -0.4 is 14.8 Å². The van der Waals surface area contributed by atoms with Gasteiger partial charge in [-0.05, 0) is 23.8 Å². The predicted octanol–water partition coefficient (Wildman–Crippen LogP) is 4.67. The lowest BCUT2D eigenvalue weighted by molar-refractivity contribution is 0.356. The average molecular weight is 384 g/mol. The second-order valence-corrected chi connectivity index (χ2v) is 6.76. The summed E-state index contributed by atoms with van der Waals surface area (Å²) in [6.45, 7) is 0.661. The van der Waals surface area contributed by atoms with Crippen LogP contribution in [0.2, 0.25) is 0 Å². The molecular weight excluding hydrogens is 364 g/mol. The first-order valence-electron chi connectivity index (χ1n) is 9.39. The zero-order chi connectivity index (χ0) is 19.8. The van der Waals surface area contributed by atoms with E-state index >= 15 is 0 Å². The van der Waals surface area contributed by atoms with Gasteiger partial charge in [0, 0.05) is 18.0 Å². The number of nitrogens with one attached hydrogen (secondary N) is 1. The lowest BCUT2D eigenvalue weighted by atomic mass is 10.2. The summed E-state index contributed by atoms with van der Waals surface area (Å²) in [6.07, 6.45) is 0. The summed E-state index contributed by atoms with van der Waals surface area (Å²) >= 11 is 0. The van der Waals surface area contributed by atoms with Crippen molar-refractivity contribution in [2.45, 2.75) is 6.54 Å². The van der Waals surface area contributed by atoms with Crippen LogP contribution in [0.15, 0.2) is 66.7 Å². The highest BCUT2D eigenvalue weighted by atomic mass is 16.5. The fourth-order valence-electron chi connectivity index (χ4n) is 3.62. The molecule has 0 aliphatic carbocycles. The molecule has 0 radical (unpaired) electrons. The minimum Gasteiger partial charge on any atom is -0.493 e. The zero-order valence-electron chi connectivity index (χ0n) is 16.2. The van der Waals surface area contributed by atoms with E-state index < -0.39 is 0 Å². The summed E-state index contributed by atoms with van der Waals surface area (Å²) in [6, 6.07) is 22.1. The number of hydrogen-bond donors (Lipinski definition) is 1. The fraction of sp³-hybridized carbons (Fsp3) is 0.130. The summed E-state index contributed by atoms with van der Waals surface area (Å²) in [7, 11) is 3.26. The van der Waals surface area contributed by atoms with E-state index in [0.717, 1.165) is 33.5 Å². The van der Waals surface area contributed by atoms with Gasteiger partial charge < -0.3 is 14.8 Å². The van der Waals surface area contributed by atoms with Crippen LogP contribution in [0.1, 0.15) is 5.56 Å². The first-order chi connectivity index (χ1) is 14.3. The number of rotatable bonds is 5. The molecular formula is C23H20N4O2. The average Bonchev–Trinajstić information content (AvgIpc) is 3.17. The topological polar surface area (TPSA) is 60.7 Å². The molecule has 0 aliphatic heterocycles. The molecule has 1 N–H and O–H groups in total. The van der Waals surface area contributed by atoms with Crippen molar-refractivity contribution >= 4 is 33.5 Å². The standard InChI is InChI=1S/C23H20N4O2/c1-28-20-12-16-18(13-21(20)29-2)26-23(24-14-15-8-4-3-5-9-15)27-19-11-7-6-10-17(19)25-22(16)27/h3-13H,14H2,1-2H3,(H,24,26). The first kappa shape index (κ1) is 17.3. The van der Waals surface area contributed by atoms with E-state index in [2.05, 4.69) is 27.9 Å². The Morgan fingerprint density at radius 3 is 2.34 bits per heavy atom. The molecule has 2 aromatic heterocycles. The van der Waals surface area contributed by atoms with Gasteiger partial charge in [-0.2, -0.15) is 0 Å². The second kappa shape index (κ2) is 6.98. The smallest absolute Gasteiger partial charge is 0.210 e. The summed E-state index contributed by atoms with van der Waals surface area (Å²) in [5, 5.41) is 4.39. The lowest BCUT2D eigenvalue weighted by Crippen LogP contribution is -2.07. The highest BCUT2D eigenvalue weighted by Gasteiger charge is 2.16. The van der Waals surface area contributed by atoms with Gasteiger partial charge in [-0.3, -0.25) is 4.40 Å². The van der Waals surface area contributed by atoms with Crippen LogP contribution >= 0.6 is 0 Å². The van der Waals surface area contributed by atoms with Crippen LogP contribution in [0.4, 0.5) is 5.95 Å². The number of hydrogen-bond acceptors (Lipinski definition) is 5. The molecule has 2 heterocycles. The van der Waals surface area contributed by atoms with Crippen molar-refractivity contribution < 1.29 is 9.47 Å². The van der Waals surface area contributed by atoms with E-state index in [1.807, 2.05) is 48.5 Å². The maximum atomic E-state index is 5.50. The zero-order valence-corrected chi connectivity index (χ0v) is 16.2. The molecule has 144 valence electrons. The number of fused-ring (bicyclic) bond motifs is 5. The summed E-state index contributed by atoms with van der Waals surface area (Å²) < 4.78 is 13.0. The second-order valence-electron chi connectivity index (χ2n) is 6.76. The molecule has 6 heteroatoms. The van der Waals surface area contributed by atoms with Gasteiger partial charge in [0.05, 0.1) is 30.8 Å². The van der Waals surface area contributed by atoms with Crippen LogP contribution in [-0.2, 0) is 6.54 Å². The number of para-hydroxylation sites is 2. The molecule has 0 bridgehead atoms. The Hall–Kier alpha value is -3.80. The number of benzene rings is 3. The molecule has 5 aromatic rings. The number of aromatic nitrogens is 3. The van der Waals surface area contributed by atoms with Gasteiger partial charge in [0.2, 0.25) is 5.95 Å². The van der Waals surface area contributed by atoms with Gasteiger partial charge in [0.25, 0.3) is 0 Å². The van der Waals surface area contributed by atoms with Gasteiger partial charge >= 0.3 is 0 Å². The lowest BCUT2D eigenvalue weighted by Gasteiger charge is -2.13. The first-order valence-corrected chi connectivity index (χ1v) is 9.39. The van der Waals surface area contributed by atoms with E-state index in [4.69, 9.17) is 19.4 Å². The fourth-order valence-corrected chi connectivity index (χ4v) is 3.62. The van der Waals surface area contributed by atoms with E-state index in [-0.39, 0.29) is 0 Å². The molecule has 0 fully saturated rings. The molecule has 3 aromatic carbocycles. The highest BCUT2D eigenvalue weighted by molar-refractivity contribution is 5.99. The maximum Gasteiger partial charge on any atom is 0.210 e. The van der Waals surface area contributed by atoms with Gasteiger partial charge in [0.15, 0.2) is 11.5 Å². The Labute approximate surface area is 167 Å². The highest BCUT2D eigenvalue weighted by Crippen LogP contribution is 2.35. The number of nitrogens with zero attached hydrogens (tertiary/aromatic N) is 3. The monoisotopic (exact) mass is 384 g/mol. The minimum absolute atomic E-state index is 0.641. The van der Waals surface area contributed by atoms with Crippen LogP contribution in [0.5, 0.6) is 11.5 Å². The third kappa shape index (κ3) is 2.89. The van der Waals surface area contributed by atoms with Gasteiger partial charge in [-0.1, -0.05) is 42.5 Å². The van der Waals surface area contributed by atoms with Gasteiger partial charge in [-0.25, -0.2) is 9.97 Å². The van der Waals surface area contributed by atoms with Gasteiger partial charge in [-0.15, -0.1) is 0 Å². The molecule has 0 atom stereocenters. The minimum atomic E-state index is 0.641. The maximum absolute atomic E-state index is 5.50. The van der Waals surface area contributed by atoms with Crippen LogP contribution in [0, 0.1) is 0 Å². The Morgan fingerprint density at radius 1 is 0.828 bits per heavy atom. The Morgan fingerprint density at radius 2 is 1.55 bits per heavy atom. The predicted molar refractivity (Wildman–Crippen MR) is 115 cm³/mol. The van der Waals surface area contributed by atoms with Gasteiger partial charge in [0.1, 0.15) is 5.65 Å². The third-order valence-electron chi connectivity index (χ3n) is 5.04. The molecule has 0 aliphatic rings. The molecule has 0 unspecified atom stereocenters. The Balaban J connectivity index is 1.77. The Kier molecular flexibility index (Phi) is 4.17. The van der Waals surface area contributed by atoms with Crippen molar-refractivity contribution in [2.75, 3.05) is 19.5 Å². The third-order valence-corrected chi connectivity index (χ3v) is 5.04. The number of ether oxygens (including phenoxy) is 2. The number of imidazole rings is 1. The van der Waals surface area contributed by atoms with Crippen molar-refractivity contribution in [3.8, 4) is 11.5 Å². The molecule has 29 heavy (non-hydrogen) atoms. The largest absolute Gasteiger partial charge is 0.493 e. The molecule has 0 spiro atoms. The molecule has 0 saturated heterocycles. The molecule has 6 nitrogen and oxygen atoms in total. The van der Waals surface area contributed by atoms with Crippen molar-refractivity contribution in [3.05, 3.63) is 72.3 Å². The summed E-state index contributed by atoms with van der Waals surface area (Å²) in [5.41, 5.74) is 4.72. The quantitative estimate of drug-likeness (QED) is 0.477. The van der Waals surface area contributed by atoms with Crippen molar-refractivity contribution in [1.29, 1.82) is 0 Å². The Bertz CT molecular complexity index is 1330. The van der Waals surface area contributed by atoms with E-state index in [0.29, 0.717) is 18.0 Å². The van der Waals surface area contributed by atoms with E-state index in [1.54, 1.807) is 14.2 Å². The summed E-state index contributed by atoms with van der Waals surface area (Å²) in [4.78, 5) is 9.78. The van der Waals surface area contributed by atoms with E-state index in [1.165, 1.54) is 5.56 Å². The van der Waals surface area contributed by atoms with Crippen LogP contribution in [0.3, 0.4) is 0 Å². The normalized spacial score (nSPS) is 11.2. The van der Waals surface area contributed by atoms with Crippen LogP contribution in [0.25, 0.3) is 27.6 Å². The van der Waals surface area contributed by atoms with Crippen molar-refractivity contribution in [1.82, 2.24) is 14.4 Å². The van der Waals surface area contributed by atoms with Crippen LogP contribution in [-0.4, -0.2) is 28.6 Å². The number of anilines is 1. The summed E-state index contributed by atoms with van der Waals surface area (Å²) in [5.74, 6) is 2.03. The van der Waals surface area contributed by atoms with Crippen molar-refractivity contribution in [3.63, 3.8) is 0 Å².